The highest BCUT2D eigenvalue weighted by Crippen LogP contribution is 2.33. The number of amides is 1. The van der Waals surface area contributed by atoms with Crippen LogP contribution >= 0.6 is 0 Å². The van der Waals surface area contributed by atoms with Gasteiger partial charge in [0.1, 0.15) is 12.1 Å². The van der Waals surface area contributed by atoms with E-state index in [2.05, 4.69) is 15.6 Å². The van der Waals surface area contributed by atoms with E-state index in [1.54, 1.807) is 52.1 Å². The number of carbonyl (C=O) groups excluding carboxylic acids is 2. The summed E-state index contributed by atoms with van der Waals surface area (Å²) in [5.74, 6) is -1.28. The molecule has 9 heteroatoms. The maximum absolute atomic E-state index is 13.0. The Bertz CT molecular complexity index is 1180. The Morgan fingerprint density at radius 2 is 1.94 bits per heavy atom. The molecule has 1 aromatic heterocycles. The second-order valence-electron chi connectivity index (χ2n) is 9.04. The first-order chi connectivity index (χ1) is 15.9. The Kier molecular flexibility index (Phi) is 7.14. The first-order valence-corrected chi connectivity index (χ1v) is 10.8. The first kappa shape index (κ1) is 24.6. The van der Waals surface area contributed by atoms with Gasteiger partial charge in [-0.15, -0.1) is 0 Å². The summed E-state index contributed by atoms with van der Waals surface area (Å²) >= 11 is 0. The van der Waals surface area contributed by atoms with Gasteiger partial charge in [0.15, 0.2) is 0 Å². The third-order valence-corrected chi connectivity index (χ3v) is 5.07. The van der Waals surface area contributed by atoms with E-state index in [0.717, 1.165) is 11.3 Å². The first-order valence-electron chi connectivity index (χ1n) is 10.8. The molecule has 0 saturated heterocycles. The van der Waals surface area contributed by atoms with E-state index in [0.29, 0.717) is 22.5 Å². The summed E-state index contributed by atoms with van der Waals surface area (Å²) in [7, 11) is 0. The van der Waals surface area contributed by atoms with Crippen molar-refractivity contribution in [2.75, 3.05) is 6.54 Å². The standard InChI is InChI=1S/C25H28N4O5/c1-15-11-20(23(16(2)28-15)24(31)27-14-22(30)34-25(3,4)5)18-9-10-21(26-13-18)17-7-6-8-19(12-17)29(32)33/h6-13,20,28H,14H2,1-5H3,(H,27,31). The third-order valence-electron chi connectivity index (χ3n) is 5.07. The Hall–Kier alpha value is -4.01. The topological polar surface area (TPSA) is 123 Å². The summed E-state index contributed by atoms with van der Waals surface area (Å²) in [6, 6.07) is 9.87. The molecule has 1 atom stereocenters. The van der Waals surface area contributed by atoms with Crippen molar-refractivity contribution in [3.8, 4) is 11.3 Å². The van der Waals surface area contributed by atoms with Gasteiger partial charge in [-0.2, -0.15) is 0 Å². The number of esters is 1. The number of allylic oxidation sites excluding steroid dienone is 3. The highest BCUT2D eigenvalue weighted by Gasteiger charge is 2.28. The molecule has 34 heavy (non-hydrogen) atoms. The van der Waals surface area contributed by atoms with E-state index >= 15 is 0 Å². The molecule has 1 aliphatic heterocycles. The molecule has 9 nitrogen and oxygen atoms in total. The molecular formula is C25H28N4O5. The van der Waals surface area contributed by atoms with Crippen LogP contribution in [0.5, 0.6) is 0 Å². The van der Waals surface area contributed by atoms with Crippen LogP contribution in [0, 0.1) is 10.1 Å². The molecule has 2 aromatic rings. The number of nitro benzene ring substituents is 1. The van der Waals surface area contributed by atoms with Gasteiger partial charge < -0.3 is 15.4 Å². The van der Waals surface area contributed by atoms with Crippen molar-refractivity contribution in [3.63, 3.8) is 0 Å². The van der Waals surface area contributed by atoms with Gasteiger partial charge in [0.2, 0.25) is 5.91 Å². The van der Waals surface area contributed by atoms with Crippen LogP contribution in [0.3, 0.4) is 0 Å². The number of hydrogen-bond acceptors (Lipinski definition) is 7. The molecule has 1 aliphatic rings. The zero-order valence-corrected chi connectivity index (χ0v) is 19.8. The second kappa shape index (κ2) is 9.86. The fraction of sp³-hybridized carbons (Fsp3) is 0.320. The smallest absolute Gasteiger partial charge is 0.325 e. The van der Waals surface area contributed by atoms with Crippen LogP contribution in [-0.2, 0) is 14.3 Å². The fourth-order valence-corrected chi connectivity index (χ4v) is 3.71. The zero-order chi connectivity index (χ0) is 25.0. The van der Waals surface area contributed by atoms with Gasteiger partial charge in [-0.3, -0.25) is 24.7 Å². The highest BCUT2D eigenvalue weighted by molar-refractivity contribution is 5.98. The maximum Gasteiger partial charge on any atom is 0.325 e. The van der Waals surface area contributed by atoms with Crippen molar-refractivity contribution in [3.05, 3.63) is 81.3 Å². The summed E-state index contributed by atoms with van der Waals surface area (Å²) in [5.41, 5.74) is 3.36. The molecule has 0 aliphatic carbocycles. The van der Waals surface area contributed by atoms with Crippen molar-refractivity contribution >= 4 is 17.6 Å². The van der Waals surface area contributed by atoms with Gasteiger partial charge >= 0.3 is 5.97 Å². The van der Waals surface area contributed by atoms with Crippen LogP contribution in [0.25, 0.3) is 11.3 Å². The number of rotatable bonds is 6. The van der Waals surface area contributed by atoms with Crippen LogP contribution < -0.4 is 10.6 Å². The number of ether oxygens (including phenoxy) is 1. The minimum atomic E-state index is -0.641. The van der Waals surface area contributed by atoms with E-state index in [9.17, 15) is 19.7 Å². The normalized spacial score (nSPS) is 15.8. The summed E-state index contributed by atoms with van der Waals surface area (Å²) in [6.45, 7) is 8.74. The van der Waals surface area contributed by atoms with Crippen LogP contribution in [-0.4, -0.2) is 33.9 Å². The van der Waals surface area contributed by atoms with Crippen LogP contribution in [0.15, 0.2) is 65.6 Å². The SMILES string of the molecule is CC1=CC(c2ccc(-c3cccc([N+](=O)[O-])c3)nc2)C(C(=O)NCC(=O)OC(C)(C)C)=C(C)N1. The van der Waals surface area contributed by atoms with Crippen LogP contribution in [0.1, 0.15) is 46.1 Å². The van der Waals surface area contributed by atoms with Crippen LogP contribution in [0.2, 0.25) is 0 Å². The zero-order valence-electron chi connectivity index (χ0n) is 19.8. The lowest BCUT2D eigenvalue weighted by atomic mass is 9.87. The lowest BCUT2D eigenvalue weighted by molar-refractivity contribution is -0.384. The molecule has 0 radical (unpaired) electrons. The number of dihydropyridines is 1. The van der Waals surface area contributed by atoms with E-state index in [1.165, 1.54) is 12.1 Å². The molecule has 3 rings (SSSR count). The number of benzene rings is 1. The van der Waals surface area contributed by atoms with E-state index in [4.69, 9.17) is 4.74 Å². The molecule has 0 spiro atoms. The van der Waals surface area contributed by atoms with Gasteiger partial charge in [-0.1, -0.05) is 24.3 Å². The molecule has 2 N–H and O–H groups in total. The minimum absolute atomic E-state index is 0.0113. The molecule has 178 valence electrons. The average molecular weight is 465 g/mol. The summed E-state index contributed by atoms with van der Waals surface area (Å²) in [4.78, 5) is 40.2. The molecule has 0 fully saturated rings. The molecule has 0 saturated carbocycles. The third kappa shape index (κ3) is 6.06. The number of nitrogens with one attached hydrogen (secondary N) is 2. The molecule has 1 unspecified atom stereocenters. The number of aromatic nitrogens is 1. The predicted octanol–water partition coefficient (Wildman–Crippen LogP) is 3.98. The molecule has 0 bridgehead atoms. The number of non-ortho nitro benzene ring substituents is 1. The lowest BCUT2D eigenvalue weighted by Crippen LogP contribution is -2.38. The average Bonchev–Trinajstić information content (AvgIpc) is 2.76. The molecule has 1 amide bonds. The number of carbonyl (C=O) groups is 2. The highest BCUT2D eigenvalue weighted by atomic mass is 16.6. The fourth-order valence-electron chi connectivity index (χ4n) is 3.71. The molecular weight excluding hydrogens is 436 g/mol. The van der Waals surface area contributed by atoms with E-state index in [1.807, 2.05) is 19.1 Å². The summed E-state index contributed by atoms with van der Waals surface area (Å²) in [6.07, 6.45) is 3.57. The quantitative estimate of drug-likeness (QED) is 0.376. The van der Waals surface area contributed by atoms with Crippen molar-refractivity contribution in [1.29, 1.82) is 0 Å². The monoisotopic (exact) mass is 464 g/mol. The summed E-state index contributed by atoms with van der Waals surface area (Å²) < 4.78 is 5.26. The van der Waals surface area contributed by atoms with Gasteiger partial charge in [0, 0.05) is 46.8 Å². The summed E-state index contributed by atoms with van der Waals surface area (Å²) in [5, 5.41) is 16.9. The number of pyridine rings is 1. The lowest BCUT2D eigenvalue weighted by Gasteiger charge is -2.26. The number of nitrogens with zero attached hydrogens (tertiary/aromatic N) is 2. The van der Waals surface area contributed by atoms with E-state index in [-0.39, 0.29) is 24.1 Å². The van der Waals surface area contributed by atoms with Gasteiger partial charge in [-0.05, 0) is 46.2 Å². The minimum Gasteiger partial charge on any atom is -0.459 e. The van der Waals surface area contributed by atoms with Crippen LogP contribution in [0.4, 0.5) is 5.69 Å². The van der Waals surface area contributed by atoms with Gasteiger partial charge in [0.05, 0.1) is 10.6 Å². The Morgan fingerprint density at radius 3 is 2.56 bits per heavy atom. The Morgan fingerprint density at radius 1 is 1.21 bits per heavy atom. The van der Waals surface area contributed by atoms with Crippen molar-refractivity contribution in [1.82, 2.24) is 15.6 Å². The van der Waals surface area contributed by atoms with E-state index < -0.39 is 16.5 Å². The number of hydrogen-bond donors (Lipinski definition) is 2. The Balaban J connectivity index is 1.83. The maximum atomic E-state index is 13.0. The largest absolute Gasteiger partial charge is 0.459 e. The molecule has 2 heterocycles. The van der Waals surface area contributed by atoms with Crippen molar-refractivity contribution in [2.24, 2.45) is 0 Å². The van der Waals surface area contributed by atoms with Crippen molar-refractivity contribution < 1.29 is 19.2 Å². The van der Waals surface area contributed by atoms with Crippen molar-refractivity contribution in [2.45, 2.75) is 46.1 Å². The molecule has 1 aromatic carbocycles. The number of nitro groups is 1. The van der Waals surface area contributed by atoms with Gasteiger partial charge in [-0.25, -0.2) is 0 Å². The van der Waals surface area contributed by atoms with Gasteiger partial charge in [0.25, 0.3) is 5.69 Å². The predicted molar refractivity (Wildman–Crippen MR) is 128 cm³/mol. The Labute approximate surface area is 198 Å². The second-order valence-corrected chi connectivity index (χ2v) is 9.04.